The lowest BCUT2D eigenvalue weighted by Crippen LogP contribution is -2.32. The summed E-state index contributed by atoms with van der Waals surface area (Å²) in [7, 11) is 1.69. The van der Waals surface area contributed by atoms with Gasteiger partial charge in [-0.1, -0.05) is 35.9 Å². The van der Waals surface area contributed by atoms with Crippen LogP contribution in [0.5, 0.6) is 0 Å². The molecule has 96 valence electrons. The molecular weight excluding hydrogens is 250 g/mol. The van der Waals surface area contributed by atoms with Crippen molar-refractivity contribution >= 4 is 28.2 Å². The minimum atomic E-state index is -0.261. The first-order chi connectivity index (χ1) is 8.53. The summed E-state index contributed by atoms with van der Waals surface area (Å²) in [6, 6.07) is 7.78. The molecule has 1 N–H and O–H groups in total. The van der Waals surface area contributed by atoms with E-state index >= 15 is 0 Å². The molecule has 0 fully saturated rings. The summed E-state index contributed by atoms with van der Waals surface area (Å²) in [5.74, 6) is 0.722. The molecule has 0 amide bonds. The fourth-order valence-corrected chi connectivity index (χ4v) is 1.77. The number of nitrogens with zero attached hydrogens (tertiary/aromatic N) is 2. The highest BCUT2D eigenvalue weighted by Gasteiger charge is 2.17. The average Bonchev–Trinajstić information content (AvgIpc) is 2.38. The predicted octanol–water partition coefficient (Wildman–Crippen LogP) is 3.12. The van der Waals surface area contributed by atoms with Crippen LogP contribution in [0, 0.1) is 0 Å². The largest absolute Gasteiger partial charge is 0.377 e. The number of halogens is 1. The molecule has 0 saturated heterocycles. The molecular formula is C13H16ClN3O. The Morgan fingerprint density at radius 2 is 1.89 bits per heavy atom. The van der Waals surface area contributed by atoms with Crippen LogP contribution in [0.2, 0.25) is 5.15 Å². The van der Waals surface area contributed by atoms with Gasteiger partial charge in [-0.15, -0.1) is 10.2 Å². The van der Waals surface area contributed by atoms with E-state index in [9.17, 15) is 0 Å². The monoisotopic (exact) mass is 265 g/mol. The molecule has 0 spiro atoms. The third kappa shape index (κ3) is 2.71. The van der Waals surface area contributed by atoms with E-state index in [1.807, 2.05) is 38.1 Å². The second-order valence-electron chi connectivity index (χ2n) is 4.70. The quantitative estimate of drug-likeness (QED) is 0.923. The molecule has 0 radical (unpaired) electrons. The maximum atomic E-state index is 6.02. The molecule has 4 nitrogen and oxygen atoms in total. The van der Waals surface area contributed by atoms with Crippen LogP contribution < -0.4 is 5.32 Å². The molecule has 0 aliphatic carbocycles. The number of nitrogens with one attached hydrogen (secondary N) is 1. The highest BCUT2D eigenvalue weighted by atomic mass is 35.5. The molecule has 18 heavy (non-hydrogen) atoms. The number of anilines is 1. The van der Waals surface area contributed by atoms with E-state index in [4.69, 9.17) is 16.3 Å². The second-order valence-corrected chi connectivity index (χ2v) is 5.06. The van der Waals surface area contributed by atoms with E-state index in [-0.39, 0.29) is 5.60 Å². The van der Waals surface area contributed by atoms with E-state index in [0.29, 0.717) is 11.7 Å². The van der Waals surface area contributed by atoms with Crippen LogP contribution in [0.1, 0.15) is 13.8 Å². The Labute approximate surface area is 111 Å². The standard InChI is InChI=1S/C13H16ClN3O/c1-13(2,18-3)8-15-12-10-7-5-4-6-9(10)11(14)16-17-12/h4-7H,8H2,1-3H3,(H,15,17). The summed E-state index contributed by atoms with van der Waals surface area (Å²) in [4.78, 5) is 0. The molecule has 0 atom stereocenters. The summed E-state index contributed by atoms with van der Waals surface area (Å²) >= 11 is 6.02. The van der Waals surface area contributed by atoms with Crippen molar-refractivity contribution in [3.63, 3.8) is 0 Å². The van der Waals surface area contributed by atoms with Gasteiger partial charge in [0.2, 0.25) is 0 Å². The Morgan fingerprint density at radius 3 is 2.56 bits per heavy atom. The van der Waals surface area contributed by atoms with Gasteiger partial charge in [-0.25, -0.2) is 0 Å². The van der Waals surface area contributed by atoms with Crippen LogP contribution in [0.3, 0.4) is 0 Å². The van der Waals surface area contributed by atoms with Crippen molar-refractivity contribution in [1.29, 1.82) is 0 Å². The van der Waals surface area contributed by atoms with Crippen LogP contribution in [0.4, 0.5) is 5.82 Å². The number of ether oxygens (including phenoxy) is 1. The Bertz CT molecular complexity index is 557. The van der Waals surface area contributed by atoms with Gasteiger partial charge in [0.25, 0.3) is 0 Å². The number of aromatic nitrogens is 2. The molecule has 1 heterocycles. The second kappa shape index (κ2) is 5.08. The lowest BCUT2D eigenvalue weighted by Gasteiger charge is -2.23. The zero-order chi connectivity index (χ0) is 13.2. The van der Waals surface area contributed by atoms with Gasteiger partial charge in [0.15, 0.2) is 11.0 Å². The summed E-state index contributed by atoms with van der Waals surface area (Å²) in [5.41, 5.74) is -0.261. The van der Waals surface area contributed by atoms with Gasteiger partial charge >= 0.3 is 0 Å². The molecule has 2 aromatic rings. The van der Waals surface area contributed by atoms with Crippen molar-refractivity contribution in [2.75, 3.05) is 19.0 Å². The maximum Gasteiger partial charge on any atom is 0.159 e. The van der Waals surface area contributed by atoms with E-state index in [2.05, 4.69) is 15.5 Å². The van der Waals surface area contributed by atoms with Crippen LogP contribution in [-0.2, 0) is 4.74 Å². The molecule has 0 unspecified atom stereocenters. The van der Waals surface area contributed by atoms with Crippen molar-refractivity contribution in [3.8, 4) is 0 Å². The number of hydrogen-bond acceptors (Lipinski definition) is 4. The van der Waals surface area contributed by atoms with Crippen LogP contribution in [0.15, 0.2) is 24.3 Å². The highest BCUT2D eigenvalue weighted by molar-refractivity contribution is 6.34. The fourth-order valence-electron chi connectivity index (χ4n) is 1.57. The average molecular weight is 266 g/mol. The molecule has 1 aromatic carbocycles. The SMILES string of the molecule is COC(C)(C)CNc1nnc(Cl)c2ccccc12. The number of methoxy groups -OCH3 is 1. The molecule has 1 aromatic heterocycles. The molecule has 0 saturated carbocycles. The lowest BCUT2D eigenvalue weighted by molar-refractivity contribution is 0.0343. The lowest BCUT2D eigenvalue weighted by atomic mass is 10.1. The molecule has 2 rings (SSSR count). The first-order valence-corrected chi connectivity index (χ1v) is 6.11. The molecule has 5 heteroatoms. The van der Waals surface area contributed by atoms with E-state index in [0.717, 1.165) is 16.6 Å². The summed E-state index contributed by atoms with van der Waals surface area (Å²) in [6.45, 7) is 4.65. The van der Waals surface area contributed by atoms with Gasteiger partial charge in [-0.2, -0.15) is 0 Å². The van der Waals surface area contributed by atoms with Gasteiger partial charge in [0, 0.05) is 24.4 Å². The zero-order valence-corrected chi connectivity index (χ0v) is 11.5. The number of benzene rings is 1. The van der Waals surface area contributed by atoms with Crippen molar-refractivity contribution in [2.45, 2.75) is 19.4 Å². The first-order valence-electron chi connectivity index (χ1n) is 5.73. The topological polar surface area (TPSA) is 47.0 Å². The number of hydrogen-bond donors (Lipinski definition) is 1. The first kappa shape index (κ1) is 13.1. The fraction of sp³-hybridized carbons (Fsp3) is 0.385. The van der Waals surface area contributed by atoms with E-state index < -0.39 is 0 Å². The van der Waals surface area contributed by atoms with Crippen molar-refractivity contribution < 1.29 is 4.74 Å². The van der Waals surface area contributed by atoms with Gasteiger partial charge < -0.3 is 10.1 Å². The number of fused-ring (bicyclic) bond motifs is 1. The Morgan fingerprint density at radius 1 is 1.22 bits per heavy atom. The molecule has 0 aliphatic rings. The summed E-state index contributed by atoms with van der Waals surface area (Å²) in [5, 5.41) is 13.6. The van der Waals surface area contributed by atoms with Crippen molar-refractivity contribution in [1.82, 2.24) is 10.2 Å². The van der Waals surface area contributed by atoms with Crippen LogP contribution in [-0.4, -0.2) is 29.5 Å². The highest BCUT2D eigenvalue weighted by Crippen LogP contribution is 2.25. The summed E-state index contributed by atoms with van der Waals surface area (Å²) < 4.78 is 5.36. The Hall–Kier alpha value is -1.39. The van der Waals surface area contributed by atoms with E-state index in [1.165, 1.54) is 0 Å². The third-order valence-corrected chi connectivity index (χ3v) is 3.16. The molecule has 0 aliphatic heterocycles. The Kier molecular flexibility index (Phi) is 3.68. The smallest absolute Gasteiger partial charge is 0.159 e. The maximum absolute atomic E-state index is 6.02. The van der Waals surface area contributed by atoms with Crippen molar-refractivity contribution in [2.24, 2.45) is 0 Å². The van der Waals surface area contributed by atoms with Crippen molar-refractivity contribution in [3.05, 3.63) is 29.4 Å². The Balaban J connectivity index is 2.32. The molecule has 0 bridgehead atoms. The van der Waals surface area contributed by atoms with Crippen LogP contribution in [0.25, 0.3) is 10.8 Å². The third-order valence-electron chi connectivity index (χ3n) is 2.88. The van der Waals surface area contributed by atoms with Gasteiger partial charge in [0.1, 0.15) is 0 Å². The minimum Gasteiger partial charge on any atom is -0.377 e. The normalized spacial score (nSPS) is 11.8. The van der Waals surface area contributed by atoms with Gasteiger partial charge in [0.05, 0.1) is 5.60 Å². The minimum absolute atomic E-state index is 0.261. The van der Waals surface area contributed by atoms with Gasteiger partial charge in [-0.3, -0.25) is 0 Å². The van der Waals surface area contributed by atoms with Gasteiger partial charge in [-0.05, 0) is 13.8 Å². The van der Waals surface area contributed by atoms with E-state index in [1.54, 1.807) is 7.11 Å². The van der Waals surface area contributed by atoms with Crippen LogP contribution >= 0.6 is 11.6 Å². The zero-order valence-electron chi connectivity index (χ0n) is 10.7. The summed E-state index contributed by atoms with van der Waals surface area (Å²) in [6.07, 6.45) is 0. The predicted molar refractivity (Wildman–Crippen MR) is 74.1 cm³/mol. The number of rotatable bonds is 4.